The van der Waals surface area contributed by atoms with E-state index in [0.29, 0.717) is 11.3 Å². The van der Waals surface area contributed by atoms with Crippen molar-refractivity contribution >= 4 is 15.9 Å². The number of rotatable bonds is 3. The Hall–Kier alpha value is -1.55. The molecule has 0 saturated carbocycles. The predicted molar refractivity (Wildman–Crippen MR) is 71.4 cm³/mol. The van der Waals surface area contributed by atoms with Crippen LogP contribution in [0.2, 0.25) is 0 Å². The van der Waals surface area contributed by atoms with E-state index in [1.807, 2.05) is 6.92 Å². The molecule has 0 spiro atoms. The zero-order valence-corrected chi connectivity index (χ0v) is 11.4. The smallest absolute Gasteiger partial charge is 0.301 e. The van der Waals surface area contributed by atoms with Crippen molar-refractivity contribution in [3.63, 3.8) is 0 Å². The van der Waals surface area contributed by atoms with Crippen molar-refractivity contribution in [3.05, 3.63) is 29.3 Å². The standard InChI is InChI=1S/C12H16N2O3S/c1-10-6-7-12(9-11(10)5-4-8-15)13-18(16,17)14(2)3/h6-7,9,13,15H,8H2,1-3H3. The molecule has 2 N–H and O–H groups in total. The van der Waals surface area contributed by atoms with Gasteiger partial charge in [-0.05, 0) is 24.6 Å². The summed E-state index contributed by atoms with van der Waals surface area (Å²) >= 11 is 0. The van der Waals surface area contributed by atoms with Crippen LogP contribution in [0.25, 0.3) is 0 Å². The van der Waals surface area contributed by atoms with Crippen LogP contribution in [-0.2, 0) is 10.2 Å². The Bertz CT molecular complexity index is 583. The number of hydrogen-bond donors (Lipinski definition) is 2. The molecule has 1 aromatic carbocycles. The van der Waals surface area contributed by atoms with Crippen molar-refractivity contribution in [2.24, 2.45) is 0 Å². The predicted octanol–water partition coefficient (Wildman–Crippen LogP) is 0.557. The van der Waals surface area contributed by atoms with Gasteiger partial charge in [-0.3, -0.25) is 4.72 Å². The van der Waals surface area contributed by atoms with E-state index in [4.69, 9.17) is 5.11 Å². The third-order valence-corrected chi connectivity index (χ3v) is 3.72. The van der Waals surface area contributed by atoms with Crippen LogP contribution in [0.15, 0.2) is 18.2 Å². The van der Waals surface area contributed by atoms with Gasteiger partial charge in [0.2, 0.25) is 0 Å². The molecule has 0 saturated heterocycles. The molecule has 0 fully saturated rings. The van der Waals surface area contributed by atoms with Gasteiger partial charge in [0, 0.05) is 19.7 Å². The lowest BCUT2D eigenvalue weighted by atomic mass is 10.1. The number of aliphatic hydroxyl groups excluding tert-OH is 1. The van der Waals surface area contributed by atoms with Gasteiger partial charge in [-0.2, -0.15) is 12.7 Å². The lowest BCUT2D eigenvalue weighted by Crippen LogP contribution is -2.28. The molecule has 0 aliphatic heterocycles. The third kappa shape index (κ3) is 3.74. The quantitative estimate of drug-likeness (QED) is 0.787. The summed E-state index contributed by atoms with van der Waals surface area (Å²) in [7, 11) is -0.621. The topological polar surface area (TPSA) is 69.6 Å². The van der Waals surface area contributed by atoms with E-state index in [1.54, 1.807) is 18.2 Å². The molecule has 0 heterocycles. The summed E-state index contributed by atoms with van der Waals surface area (Å²) in [5, 5.41) is 8.66. The highest BCUT2D eigenvalue weighted by Gasteiger charge is 2.13. The summed E-state index contributed by atoms with van der Waals surface area (Å²) in [6.45, 7) is 1.64. The maximum absolute atomic E-state index is 11.6. The van der Waals surface area contributed by atoms with E-state index >= 15 is 0 Å². The van der Waals surface area contributed by atoms with Crippen molar-refractivity contribution in [1.82, 2.24) is 4.31 Å². The van der Waals surface area contributed by atoms with Crippen LogP contribution in [0.3, 0.4) is 0 Å². The summed E-state index contributed by atoms with van der Waals surface area (Å²) in [5.74, 6) is 5.31. The highest BCUT2D eigenvalue weighted by molar-refractivity contribution is 7.90. The first kappa shape index (κ1) is 14.5. The van der Waals surface area contributed by atoms with Gasteiger partial charge in [-0.1, -0.05) is 17.9 Å². The molecule has 1 rings (SSSR count). The minimum absolute atomic E-state index is 0.229. The molecular formula is C12H16N2O3S. The van der Waals surface area contributed by atoms with E-state index in [9.17, 15) is 8.42 Å². The molecule has 98 valence electrons. The van der Waals surface area contributed by atoms with Crippen molar-refractivity contribution in [1.29, 1.82) is 0 Å². The van der Waals surface area contributed by atoms with Crippen molar-refractivity contribution < 1.29 is 13.5 Å². The Balaban J connectivity index is 3.06. The molecule has 0 aromatic heterocycles. The minimum atomic E-state index is -3.52. The monoisotopic (exact) mass is 268 g/mol. The van der Waals surface area contributed by atoms with Gasteiger partial charge >= 0.3 is 10.2 Å². The first-order valence-electron chi connectivity index (χ1n) is 5.27. The van der Waals surface area contributed by atoms with Crippen LogP contribution in [0.5, 0.6) is 0 Å². The van der Waals surface area contributed by atoms with Crippen LogP contribution < -0.4 is 4.72 Å². The molecule has 0 aliphatic rings. The fourth-order valence-electron chi connectivity index (χ4n) is 1.20. The van der Waals surface area contributed by atoms with Gasteiger partial charge in [0.05, 0.1) is 5.69 Å². The lowest BCUT2D eigenvalue weighted by Gasteiger charge is -2.13. The number of nitrogens with zero attached hydrogens (tertiary/aromatic N) is 1. The average Bonchev–Trinajstić information content (AvgIpc) is 2.29. The second-order valence-corrected chi connectivity index (χ2v) is 5.76. The van der Waals surface area contributed by atoms with E-state index in [2.05, 4.69) is 16.6 Å². The van der Waals surface area contributed by atoms with Gasteiger partial charge in [0.15, 0.2) is 0 Å². The Kier molecular flexibility index (Phi) is 4.73. The second kappa shape index (κ2) is 5.87. The number of aliphatic hydroxyl groups is 1. The zero-order valence-electron chi connectivity index (χ0n) is 10.6. The van der Waals surface area contributed by atoms with Gasteiger partial charge in [0.1, 0.15) is 6.61 Å². The first-order chi connectivity index (χ1) is 8.36. The maximum atomic E-state index is 11.6. The molecule has 0 radical (unpaired) electrons. The van der Waals surface area contributed by atoms with Crippen LogP contribution in [0, 0.1) is 18.8 Å². The highest BCUT2D eigenvalue weighted by atomic mass is 32.2. The molecule has 5 nitrogen and oxygen atoms in total. The normalized spacial score (nSPS) is 10.9. The number of aryl methyl sites for hydroxylation is 1. The SMILES string of the molecule is Cc1ccc(NS(=O)(=O)N(C)C)cc1C#CCO. The molecule has 1 aromatic rings. The molecule has 6 heteroatoms. The van der Waals surface area contributed by atoms with Gasteiger partial charge in [-0.15, -0.1) is 0 Å². The molecule has 0 atom stereocenters. The van der Waals surface area contributed by atoms with E-state index < -0.39 is 10.2 Å². The van der Waals surface area contributed by atoms with Gasteiger partial charge < -0.3 is 5.11 Å². The van der Waals surface area contributed by atoms with Crippen LogP contribution >= 0.6 is 0 Å². The van der Waals surface area contributed by atoms with Crippen molar-refractivity contribution in [2.45, 2.75) is 6.92 Å². The highest BCUT2D eigenvalue weighted by Crippen LogP contribution is 2.16. The van der Waals surface area contributed by atoms with Crippen LogP contribution in [0.4, 0.5) is 5.69 Å². The Morgan fingerprint density at radius 3 is 2.61 bits per heavy atom. The second-order valence-electron chi connectivity index (χ2n) is 3.88. The van der Waals surface area contributed by atoms with Gasteiger partial charge in [-0.25, -0.2) is 0 Å². The first-order valence-corrected chi connectivity index (χ1v) is 6.71. The Labute approximate surface area is 108 Å². The number of anilines is 1. The van der Waals surface area contributed by atoms with Crippen LogP contribution in [-0.4, -0.2) is 38.5 Å². The summed E-state index contributed by atoms with van der Waals surface area (Å²) in [6.07, 6.45) is 0. The number of benzene rings is 1. The van der Waals surface area contributed by atoms with Gasteiger partial charge in [0.25, 0.3) is 0 Å². The minimum Gasteiger partial charge on any atom is -0.384 e. The largest absolute Gasteiger partial charge is 0.384 e. The van der Waals surface area contributed by atoms with E-state index in [-0.39, 0.29) is 6.61 Å². The molecule has 0 bridgehead atoms. The molecule has 0 unspecified atom stereocenters. The third-order valence-electron chi connectivity index (χ3n) is 2.27. The molecule has 0 amide bonds. The van der Waals surface area contributed by atoms with E-state index in [1.165, 1.54) is 14.1 Å². The van der Waals surface area contributed by atoms with Crippen LogP contribution in [0.1, 0.15) is 11.1 Å². The lowest BCUT2D eigenvalue weighted by molar-refractivity contribution is 0.350. The molecular weight excluding hydrogens is 252 g/mol. The number of hydrogen-bond acceptors (Lipinski definition) is 3. The summed E-state index contributed by atoms with van der Waals surface area (Å²) in [6, 6.07) is 5.08. The fourth-order valence-corrected chi connectivity index (χ4v) is 1.80. The Morgan fingerprint density at radius 1 is 1.39 bits per heavy atom. The summed E-state index contributed by atoms with van der Waals surface area (Å²) in [4.78, 5) is 0. The number of nitrogens with one attached hydrogen (secondary N) is 1. The maximum Gasteiger partial charge on any atom is 0.301 e. The molecule has 0 aliphatic carbocycles. The summed E-state index contributed by atoms with van der Waals surface area (Å²) < 4.78 is 26.8. The Morgan fingerprint density at radius 2 is 2.06 bits per heavy atom. The van der Waals surface area contributed by atoms with Crippen molar-refractivity contribution in [2.75, 3.05) is 25.4 Å². The zero-order chi connectivity index (χ0) is 13.8. The molecule has 18 heavy (non-hydrogen) atoms. The fraction of sp³-hybridized carbons (Fsp3) is 0.333. The average molecular weight is 268 g/mol. The summed E-state index contributed by atoms with van der Waals surface area (Å²) in [5.41, 5.74) is 2.04. The van der Waals surface area contributed by atoms with E-state index in [0.717, 1.165) is 9.87 Å². The van der Waals surface area contributed by atoms with Crippen molar-refractivity contribution in [3.8, 4) is 11.8 Å².